The van der Waals surface area contributed by atoms with Crippen molar-refractivity contribution < 1.29 is 9.13 Å². The number of ether oxygens (including phenoxy) is 1. The highest BCUT2D eigenvalue weighted by Gasteiger charge is 2.04. The van der Waals surface area contributed by atoms with Crippen molar-refractivity contribution in [2.24, 2.45) is 4.99 Å². The van der Waals surface area contributed by atoms with Crippen LogP contribution in [0.1, 0.15) is 16.7 Å². The largest absolute Gasteiger partial charge is 0.488 e. The molecular weight excluding hydrogens is 381 g/mol. The summed E-state index contributed by atoms with van der Waals surface area (Å²) in [6.07, 6.45) is 1.79. The maximum atomic E-state index is 13.0. The van der Waals surface area contributed by atoms with E-state index in [9.17, 15) is 4.39 Å². The topological polar surface area (TPSA) is 21.6 Å². The minimum absolute atomic E-state index is 0.252. The molecule has 0 spiro atoms. The molecule has 0 N–H and O–H groups in total. The second-order valence-corrected chi connectivity index (χ2v) is 6.61. The second kappa shape index (κ2) is 8.08. The lowest BCUT2D eigenvalue weighted by atomic mass is 10.2. The highest BCUT2D eigenvalue weighted by molar-refractivity contribution is 9.10. The first kappa shape index (κ1) is 17.4. The van der Waals surface area contributed by atoms with Crippen LogP contribution in [0.25, 0.3) is 0 Å². The zero-order valence-corrected chi connectivity index (χ0v) is 15.3. The number of hydrogen-bond acceptors (Lipinski definition) is 2. The summed E-state index contributed by atoms with van der Waals surface area (Å²) in [5.41, 5.74) is 3.86. The zero-order chi connectivity index (χ0) is 17.6. The maximum Gasteiger partial charge on any atom is 0.128 e. The van der Waals surface area contributed by atoms with Crippen LogP contribution in [-0.4, -0.2) is 6.21 Å². The Bertz CT molecular complexity index is 873. The van der Waals surface area contributed by atoms with E-state index in [0.717, 1.165) is 27.0 Å². The highest BCUT2D eigenvalue weighted by Crippen LogP contribution is 2.24. The average molecular weight is 398 g/mol. The number of benzene rings is 3. The number of aryl methyl sites for hydroxylation is 1. The van der Waals surface area contributed by atoms with Gasteiger partial charge in [-0.25, -0.2) is 4.39 Å². The molecule has 3 aromatic carbocycles. The van der Waals surface area contributed by atoms with Crippen LogP contribution in [0, 0.1) is 12.7 Å². The van der Waals surface area contributed by atoms with Gasteiger partial charge in [-0.2, -0.15) is 0 Å². The van der Waals surface area contributed by atoms with Gasteiger partial charge < -0.3 is 4.74 Å². The third-order valence-corrected chi connectivity index (χ3v) is 4.16. The Morgan fingerprint density at radius 1 is 1.00 bits per heavy atom. The summed E-state index contributed by atoms with van der Waals surface area (Å²) in [6, 6.07) is 20.1. The number of hydrogen-bond donors (Lipinski definition) is 0. The van der Waals surface area contributed by atoms with Crippen LogP contribution in [0.15, 0.2) is 76.2 Å². The molecule has 0 fully saturated rings. The molecule has 0 aliphatic rings. The van der Waals surface area contributed by atoms with Crippen molar-refractivity contribution in [1.82, 2.24) is 0 Å². The fourth-order valence-corrected chi connectivity index (χ4v) is 2.65. The van der Waals surface area contributed by atoms with Gasteiger partial charge in [-0.3, -0.25) is 4.99 Å². The molecule has 0 radical (unpaired) electrons. The van der Waals surface area contributed by atoms with E-state index >= 15 is 0 Å². The van der Waals surface area contributed by atoms with Crippen LogP contribution >= 0.6 is 15.9 Å². The predicted molar refractivity (Wildman–Crippen MR) is 103 cm³/mol. The van der Waals surface area contributed by atoms with Crippen molar-refractivity contribution in [3.8, 4) is 5.75 Å². The Kier molecular flexibility index (Phi) is 5.61. The molecule has 126 valence electrons. The Morgan fingerprint density at radius 2 is 1.72 bits per heavy atom. The average Bonchev–Trinajstić information content (AvgIpc) is 2.62. The number of rotatable bonds is 5. The van der Waals surface area contributed by atoms with E-state index in [0.29, 0.717) is 6.61 Å². The van der Waals surface area contributed by atoms with Gasteiger partial charge in [-0.15, -0.1) is 0 Å². The van der Waals surface area contributed by atoms with Gasteiger partial charge in [0, 0.05) is 16.3 Å². The summed E-state index contributed by atoms with van der Waals surface area (Å²) in [5, 5.41) is 0. The first-order valence-corrected chi connectivity index (χ1v) is 8.67. The van der Waals surface area contributed by atoms with Crippen molar-refractivity contribution in [1.29, 1.82) is 0 Å². The molecule has 0 atom stereocenters. The SMILES string of the molecule is Cc1ccc(N=Cc2cc(Br)ccc2OCc2ccc(F)cc2)cc1. The van der Waals surface area contributed by atoms with Crippen LogP contribution in [-0.2, 0) is 6.61 Å². The van der Waals surface area contributed by atoms with E-state index in [1.54, 1.807) is 18.3 Å². The van der Waals surface area contributed by atoms with Gasteiger partial charge in [0.2, 0.25) is 0 Å². The molecule has 0 saturated carbocycles. The standard InChI is InChI=1S/C21H17BrFNO/c1-15-2-9-20(10-3-15)24-13-17-12-18(22)6-11-21(17)25-14-16-4-7-19(23)8-5-16/h2-13H,14H2,1H3. The fourth-order valence-electron chi connectivity index (χ4n) is 2.27. The smallest absolute Gasteiger partial charge is 0.128 e. The van der Waals surface area contributed by atoms with Gasteiger partial charge in [0.05, 0.1) is 5.69 Å². The minimum atomic E-state index is -0.252. The van der Waals surface area contributed by atoms with Crippen molar-refractivity contribution >= 4 is 27.8 Å². The Balaban J connectivity index is 1.77. The van der Waals surface area contributed by atoms with Crippen LogP contribution in [0.4, 0.5) is 10.1 Å². The van der Waals surface area contributed by atoms with Crippen LogP contribution in [0.3, 0.4) is 0 Å². The molecule has 0 saturated heterocycles. The Morgan fingerprint density at radius 3 is 2.44 bits per heavy atom. The molecule has 0 aliphatic carbocycles. The van der Waals surface area contributed by atoms with E-state index in [1.807, 2.05) is 49.4 Å². The number of aliphatic imine (C=N–C) groups is 1. The fraction of sp³-hybridized carbons (Fsp3) is 0.0952. The van der Waals surface area contributed by atoms with E-state index in [1.165, 1.54) is 17.7 Å². The van der Waals surface area contributed by atoms with Crippen molar-refractivity contribution in [3.63, 3.8) is 0 Å². The maximum absolute atomic E-state index is 13.0. The molecule has 4 heteroatoms. The summed E-state index contributed by atoms with van der Waals surface area (Å²) in [5.74, 6) is 0.474. The van der Waals surface area contributed by atoms with Gasteiger partial charge in [0.15, 0.2) is 0 Å². The Hall–Kier alpha value is -2.46. The number of nitrogens with zero attached hydrogens (tertiary/aromatic N) is 1. The lowest BCUT2D eigenvalue weighted by Gasteiger charge is -2.10. The molecule has 0 aliphatic heterocycles. The van der Waals surface area contributed by atoms with Crippen molar-refractivity contribution in [2.75, 3.05) is 0 Å². The van der Waals surface area contributed by atoms with E-state index in [4.69, 9.17) is 4.74 Å². The molecule has 25 heavy (non-hydrogen) atoms. The monoisotopic (exact) mass is 397 g/mol. The zero-order valence-electron chi connectivity index (χ0n) is 13.7. The van der Waals surface area contributed by atoms with Gasteiger partial charge in [-0.05, 0) is 55.0 Å². The summed E-state index contributed by atoms with van der Waals surface area (Å²) < 4.78 is 19.8. The van der Waals surface area contributed by atoms with Crippen LogP contribution in [0.2, 0.25) is 0 Å². The van der Waals surface area contributed by atoms with Gasteiger partial charge in [0.25, 0.3) is 0 Å². The predicted octanol–water partition coefficient (Wildman–Crippen LogP) is 6.23. The molecule has 0 heterocycles. The third-order valence-electron chi connectivity index (χ3n) is 3.67. The molecule has 0 bridgehead atoms. The van der Waals surface area contributed by atoms with E-state index in [2.05, 4.69) is 20.9 Å². The Labute approximate surface area is 155 Å². The molecule has 0 amide bonds. The highest BCUT2D eigenvalue weighted by atomic mass is 79.9. The second-order valence-electron chi connectivity index (χ2n) is 5.69. The van der Waals surface area contributed by atoms with Gasteiger partial charge in [-0.1, -0.05) is 45.8 Å². The molecule has 0 unspecified atom stereocenters. The van der Waals surface area contributed by atoms with Crippen molar-refractivity contribution in [2.45, 2.75) is 13.5 Å². The summed E-state index contributed by atoms with van der Waals surface area (Å²) >= 11 is 3.48. The number of halogens is 2. The van der Waals surface area contributed by atoms with Crippen LogP contribution in [0.5, 0.6) is 5.75 Å². The van der Waals surface area contributed by atoms with Crippen molar-refractivity contribution in [3.05, 3.63) is 93.7 Å². The lowest BCUT2D eigenvalue weighted by Crippen LogP contribution is -1.98. The molecule has 3 rings (SSSR count). The minimum Gasteiger partial charge on any atom is -0.488 e. The molecule has 3 aromatic rings. The first-order valence-electron chi connectivity index (χ1n) is 7.88. The first-order chi connectivity index (χ1) is 12.1. The van der Waals surface area contributed by atoms with E-state index < -0.39 is 0 Å². The van der Waals surface area contributed by atoms with E-state index in [-0.39, 0.29) is 5.82 Å². The van der Waals surface area contributed by atoms with Gasteiger partial charge in [0.1, 0.15) is 18.2 Å². The molecular formula is C21H17BrFNO. The summed E-state index contributed by atoms with van der Waals surface area (Å²) in [7, 11) is 0. The summed E-state index contributed by atoms with van der Waals surface area (Å²) in [4.78, 5) is 4.51. The summed E-state index contributed by atoms with van der Waals surface area (Å²) in [6.45, 7) is 2.41. The van der Waals surface area contributed by atoms with Crippen LogP contribution < -0.4 is 4.74 Å². The van der Waals surface area contributed by atoms with Gasteiger partial charge >= 0.3 is 0 Å². The normalized spacial score (nSPS) is 11.0. The third kappa shape index (κ3) is 5.00. The molecule has 0 aromatic heterocycles. The molecule has 2 nitrogen and oxygen atoms in total. The quantitative estimate of drug-likeness (QED) is 0.467. The lowest BCUT2D eigenvalue weighted by molar-refractivity contribution is 0.305.